The molecule has 5 heteroatoms. The third kappa shape index (κ3) is 1.70. The van der Waals surface area contributed by atoms with Crippen LogP contribution >= 0.6 is 22.9 Å². The number of rotatable bonds is 2. The van der Waals surface area contributed by atoms with Crippen LogP contribution in [0, 0.1) is 13.8 Å². The van der Waals surface area contributed by atoms with Gasteiger partial charge >= 0.3 is 0 Å². The number of hydrogen-bond acceptors (Lipinski definition) is 5. The number of thiazole rings is 1. The maximum Gasteiger partial charge on any atom is 0.0900 e. The molecular weight excluding hydrogens is 214 g/mol. The molecule has 2 N–H and O–H groups in total. The van der Waals surface area contributed by atoms with Gasteiger partial charge in [-0.25, -0.2) is 4.98 Å². The van der Waals surface area contributed by atoms with Crippen molar-refractivity contribution in [1.29, 1.82) is 0 Å². The lowest BCUT2D eigenvalue weighted by Gasteiger charge is -2.05. The minimum Gasteiger partial charge on any atom is -0.318 e. The van der Waals surface area contributed by atoms with Crippen molar-refractivity contribution in [3.05, 3.63) is 32.7 Å². The zero-order valence-corrected chi connectivity index (χ0v) is 9.65. The van der Waals surface area contributed by atoms with Crippen LogP contribution in [0.25, 0.3) is 0 Å². The molecule has 2 aromatic heterocycles. The predicted octanol–water partition coefficient (Wildman–Crippen LogP) is 2.26. The van der Waals surface area contributed by atoms with E-state index in [4.69, 9.17) is 5.73 Å². The first-order chi connectivity index (χ1) is 6.68. The predicted molar refractivity (Wildman–Crippen MR) is 59.7 cm³/mol. The molecule has 0 aromatic carbocycles. The molecule has 0 amide bonds. The van der Waals surface area contributed by atoms with Crippen molar-refractivity contribution in [2.75, 3.05) is 0 Å². The van der Waals surface area contributed by atoms with Gasteiger partial charge in [0.1, 0.15) is 0 Å². The number of nitrogens with zero attached hydrogens (tertiary/aromatic N) is 2. The first-order valence-corrected chi connectivity index (χ1v) is 5.93. The van der Waals surface area contributed by atoms with Crippen molar-refractivity contribution in [3.63, 3.8) is 0 Å². The van der Waals surface area contributed by atoms with Crippen molar-refractivity contribution >= 4 is 22.9 Å². The molecule has 0 saturated heterocycles. The molecule has 14 heavy (non-hydrogen) atoms. The van der Waals surface area contributed by atoms with E-state index in [1.165, 1.54) is 11.5 Å². The maximum atomic E-state index is 6.09. The summed E-state index contributed by atoms with van der Waals surface area (Å²) in [5.74, 6) is 0. The van der Waals surface area contributed by atoms with E-state index in [1.807, 2.05) is 25.3 Å². The van der Waals surface area contributed by atoms with Gasteiger partial charge in [-0.3, -0.25) is 0 Å². The highest BCUT2D eigenvalue weighted by molar-refractivity contribution is 7.11. The van der Waals surface area contributed by atoms with Crippen LogP contribution in [-0.2, 0) is 0 Å². The molecule has 2 heterocycles. The van der Waals surface area contributed by atoms with Gasteiger partial charge in [-0.05, 0) is 31.4 Å². The smallest absolute Gasteiger partial charge is 0.0900 e. The van der Waals surface area contributed by atoms with Crippen molar-refractivity contribution in [2.45, 2.75) is 19.9 Å². The summed E-state index contributed by atoms with van der Waals surface area (Å²) in [5.41, 5.74) is 8.04. The monoisotopic (exact) mass is 225 g/mol. The number of hydrogen-bond donors (Lipinski definition) is 1. The van der Waals surface area contributed by atoms with Crippen LogP contribution in [0.3, 0.4) is 0 Å². The standard InChI is InChI=1S/C9H11N3S2/c1-5-9(14-6(2)11-5)8(10)7-3-4-13-12-7/h3-4,8H,10H2,1-2H3. The topological polar surface area (TPSA) is 51.8 Å². The fourth-order valence-electron chi connectivity index (χ4n) is 1.35. The molecule has 2 aromatic rings. The molecule has 2 rings (SSSR count). The van der Waals surface area contributed by atoms with Gasteiger partial charge in [0.05, 0.1) is 27.3 Å². The Hall–Kier alpha value is -0.780. The second-order valence-electron chi connectivity index (χ2n) is 3.08. The highest BCUT2D eigenvalue weighted by atomic mass is 32.1. The van der Waals surface area contributed by atoms with Crippen LogP contribution in [0.15, 0.2) is 11.4 Å². The lowest BCUT2D eigenvalue weighted by atomic mass is 10.1. The van der Waals surface area contributed by atoms with Crippen molar-refractivity contribution in [3.8, 4) is 0 Å². The molecule has 0 radical (unpaired) electrons. The first kappa shape index (κ1) is 9.76. The van der Waals surface area contributed by atoms with Gasteiger partial charge in [-0.15, -0.1) is 11.3 Å². The molecule has 0 aliphatic heterocycles. The van der Waals surface area contributed by atoms with Gasteiger partial charge in [0.25, 0.3) is 0 Å². The largest absolute Gasteiger partial charge is 0.318 e. The first-order valence-electron chi connectivity index (χ1n) is 4.28. The van der Waals surface area contributed by atoms with Crippen LogP contribution in [0.4, 0.5) is 0 Å². The average Bonchev–Trinajstić information content (AvgIpc) is 2.73. The van der Waals surface area contributed by atoms with E-state index in [0.29, 0.717) is 0 Å². The summed E-state index contributed by atoms with van der Waals surface area (Å²) < 4.78 is 4.24. The fraction of sp³-hybridized carbons (Fsp3) is 0.333. The highest BCUT2D eigenvalue weighted by Gasteiger charge is 2.16. The Morgan fingerprint density at radius 2 is 2.21 bits per heavy atom. The van der Waals surface area contributed by atoms with Gasteiger partial charge in [0, 0.05) is 5.38 Å². The van der Waals surface area contributed by atoms with E-state index in [0.717, 1.165) is 21.3 Å². The summed E-state index contributed by atoms with van der Waals surface area (Å²) in [6.07, 6.45) is 0. The summed E-state index contributed by atoms with van der Waals surface area (Å²) in [5, 5.41) is 3.00. The minimum absolute atomic E-state index is 0.118. The van der Waals surface area contributed by atoms with Crippen LogP contribution in [0.2, 0.25) is 0 Å². The van der Waals surface area contributed by atoms with E-state index >= 15 is 0 Å². The second-order valence-corrected chi connectivity index (χ2v) is 4.98. The van der Waals surface area contributed by atoms with Crippen LogP contribution in [0.5, 0.6) is 0 Å². The third-order valence-electron chi connectivity index (χ3n) is 2.00. The van der Waals surface area contributed by atoms with E-state index in [9.17, 15) is 0 Å². The Balaban J connectivity index is 2.36. The van der Waals surface area contributed by atoms with Crippen molar-refractivity contribution in [1.82, 2.24) is 9.36 Å². The van der Waals surface area contributed by atoms with E-state index in [-0.39, 0.29) is 6.04 Å². The zero-order chi connectivity index (χ0) is 10.1. The Bertz CT molecular complexity index is 419. The van der Waals surface area contributed by atoms with Gasteiger partial charge in [-0.1, -0.05) is 0 Å². The second kappa shape index (κ2) is 3.76. The number of nitrogens with two attached hydrogens (primary N) is 1. The van der Waals surface area contributed by atoms with Crippen molar-refractivity contribution < 1.29 is 0 Å². The maximum absolute atomic E-state index is 6.09. The van der Waals surface area contributed by atoms with E-state index < -0.39 is 0 Å². The van der Waals surface area contributed by atoms with Gasteiger partial charge in [0.2, 0.25) is 0 Å². The van der Waals surface area contributed by atoms with Crippen LogP contribution in [0.1, 0.15) is 27.3 Å². The molecule has 1 unspecified atom stereocenters. The Kier molecular flexibility index (Phi) is 2.62. The van der Waals surface area contributed by atoms with Crippen LogP contribution < -0.4 is 5.73 Å². The fourth-order valence-corrected chi connectivity index (χ4v) is 2.85. The minimum atomic E-state index is -0.118. The number of aryl methyl sites for hydroxylation is 2. The molecule has 0 spiro atoms. The quantitative estimate of drug-likeness (QED) is 0.853. The Morgan fingerprint density at radius 3 is 2.71 bits per heavy atom. The van der Waals surface area contributed by atoms with Crippen molar-refractivity contribution in [2.24, 2.45) is 5.73 Å². The van der Waals surface area contributed by atoms with Crippen LogP contribution in [-0.4, -0.2) is 9.36 Å². The Labute approximate surface area is 90.8 Å². The van der Waals surface area contributed by atoms with Gasteiger partial charge < -0.3 is 5.73 Å². The normalized spacial score (nSPS) is 13.1. The summed E-state index contributed by atoms with van der Waals surface area (Å²) in [6, 6.07) is 1.84. The summed E-state index contributed by atoms with van der Waals surface area (Å²) in [4.78, 5) is 5.48. The lowest BCUT2D eigenvalue weighted by molar-refractivity contribution is 0.852. The van der Waals surface area contributed by atoms with Gasteiger partial charge in [-0.2, -0.15) is 4.37 Å². The summed E-state index contributed by atoms with van der Waals surface area (Å²) in [6.45, 7) is 3.99. The SMILES string of the molecule is Cc1nc(C)c(C(N)c2ccsn2)s1. The third-order valence-corrected chi connectivity index (χ3v) is 3.73. The van der Waals surface area contributed by atoms with Gasteiger partial charge in [0.15, 0.2) is 0 Å². The Morgan fingerprint density at radius 1 is 1.43 bits per heavy atom. The number of aromatic nitrogens is 2. The summed E-state index contributed by atoms with van der Waals surface area (Å²) in [7, 11) is 0. The molecular formula is C9H11N3S2. The average molecular weight is 225 g/mol. The van der Waals surface area contributed by atoms with E-state index in [1.54, 1.807) is 11.3 Å². The molecule has 0 fully saturated rings. The molecule has 0 aliphatic rings. The van der Waals surface area contributed by atoms with E-state index in [2.05, 4.69) is 9.36 Å². The molecule has 0 aliphatic carbocycles. The highest BCUT2D eigenvalue weighted by Crippen LogP contribution is 2.27. The molecule has 74 valence electrons. The summed E-state index contributed by atoms with van der Waals surface area (Å²) >= 11 is 3.08. The lowest BCUT2D eigenvalue weighted by Crippen LogP contribution is -2.11. The zero-order valence-electron chi connectivity index (χ0n) is 8.02. The molecule has 0 saturated carbocycles. The molecule has 1 atom stereocenters. The molecule has 0 bridgehead atoms. The molecule has 3 nitrogen and oxygen atoms in total.